The summed E-state index contributed by atoms with van der Waals surface area (Å²) in [6.07, 6.45) is 1.95. The largest absolute Gasteiger partial charge is 0.493 e. The summed E-state index contributed by atoms with van der Waals surface area (Å²) < 4.78 is 19.4. The number of carbonyl (C=O) groups excluding carboxylic acids is 1. The Hall–Kier alpha value is -2.29. The Bertz CT molecular complexity index is 1070. The van der Waals surface area contributed by atoms with E-state index in [-0.39, 0.29) is 5.91 Å². The van der Waals surface area contributed by atoms with Crippen LogP contribution in [0, 0.1) is 0 Å². The van der Waals surface area contributed by atoms with Gasteiger partial charge in [0.15, 0.2) is 16.3 Å². The molecule has 0 aliphatic carbocycles. The van der Waals surface area contributed by atoms with Crippen molar-refractivity contribution < 1.29 is 19.0 Å². The van der Waals surface area contributed by atoms with Gasteiger partial charge in [-0.05, 0) is 25.3 Å². The molecule has 0 unspecified atom stereocenters. The SMILES string of the molecule is CCOCCn1c(=NC(=O)c2ccccc2SC)sc2cc(OC)c(OC)cc21. The highest BCUT2D eigenvalue weighted by atomic mass is 32.2. The summed E-state index contributed by atoms with van der Waals surface area (Å²) in [6, 6.07) is 11.3. The molecule has 0 spiro atoms. The number of ether oxygens (including phenoxy) is 3. The Morgan fingerprint density at radius 2 is 1.90 bits per heavy atom. The number of thioether (sulfide) groups is 1. The quantitative estimate of drug-likeness (QED) is 0.394. The lowest BCUT2D eigenvalue weighted by atomic mass is 10.2. The van der Waals surface area contributed by atoms with Gasteiger partial charge in [0.05, 0.1) is 36.6 Å². The summed E-state index contributed by atoms with van der Waals surface area (Å²) in [7, 11) is 3.21. The van der Waals surface area contributed by atoms with E-state index < -0.39 is 0 Å². The third kappa shape index (κ3) is 4.66. The number of aromatic nitrogens is 1. The fourth-order valence-electron chi connectivity index (χ4n) is 2.97. The van der Waals surface area contributed by atoms with Crippen molar-refractivity contribution >= 4 is 39.2 Å². The molecule has 0 atom stereocenters. The first-order valence-corrected chi connectivity index (χ1v) is 11.2. The normalized spacial score (nSPS) is 11.8. The molecule has 8 heteroatoms. The van der Waals surface area contributed by atoms with E-state index in [4.69, 9.17) is 14.2 Å². The number of methoxy groups -OCH3 is 2. The molecule has 0 aliphatic heterocycles. The molecule has 1 heterocycles. The van der Waals surface area contributed by atoms with Gasteiger partial charge in [0, 0.05) is 30.2 Å². The Labute approximate surface area is 178 Å². The van der Waals surface area contributed by atoms with Crippen molar-refractivity contribution in [1.82, 2.24) is 4.57 Å². The van der Waals surface area contributed by atoms with Crippen molar-refractivity contribution in [2.75, 3.05) is 33.7 Å². The summed E-state index contributed by atoms with van der Waals surface area (Å²) in [5.74, 6) is 1.02. The second-order valence-corrected chi connectivity index (χ2v) is 7.88. The first kappa shape index (κ1) is 21.4. The molecule has 0 aliphatic rings. The van der Waals surface area contributed by atoms with Gasteiger partial charge in [-0.15, -0.1) is 11.8 Å². The van der Waals surface area contributed by atoms with E-state index >= 15 is 0 Å². The maximum atomic E-state index is 12.9. The van der Waals surface area contributed by atoms with E-state index in [1.165, 1.54) is 23.1 Å². The second kappa shape index (κ2) is 9.96. The van der Waals surface area contributed by atoms with Gasteiger partial charge in [-0.2, -0.15) is 4.99 Å². The number of carbonyl (C=O) groups is 1. The fraction of sp³-hybridized carbons (Fsp3) is 0.333. The van der Waals surface area contributed by atoms with E-state index in [9.17, 15) is 4.79 Å². The maximum absolute atomic E-state index is 12.9. The summed E-state index contributed by atoms with van der Waals surface area (Å²) in [5, 5.41) is 0. The molecule has 3 aromatic rings. The molecule has 1 amide bonds. The van der Waals surface area contributed by atoms with Crippen molar-refractivity contribution in [2.24, 2.45) is 4.99 Å². The molecule has 3 rings (SSSR count). The first-order chi connectivity index (χ1) is 14.1. The van der Waals surface area contributed by atoms with Crippen LogP contribution in [0.25, 0.3) is 10.2 Å². The van der Waals surface area contributed by atoms with Gasteiger partial charge in [-0.25, -0.2) is 0 Å². The van der Waals surface area contributed by atoms with E-state index in [1.54, 1.807) is 14.2 Å². The topological polar surface area (TPSA) is 62.1 Å². The molecule has 1 aromatic heterocycles. The van der Waals surface area contributed by atoms with Gasteiger partial charge < -0.3 is 18.8 Å². The van der Waals surface area contributed by atoms with Crippen LogP contribution in [0.2, 0.25) is 0 Å². The third-order valence-electron chi connectivity index (χ3n) is 4.39. The van der Waals surface area contributed by atoms with Crippen LogP contribution in [-0.4, -0.2) is 44.2 Å². The first-order valence-electron chi connectivity index (χ1n) is 9.18. The van der Waals surface area contributed by atoms with Gasteiger partial charge in [0.1, 0.15) is 0 Å². The number of thiazole rings is 1. The number of hydrogen-bond acceptors (Lipinski definition) is 6. The zero-order valence-electron chi connectivity index (χ0n) is 16.9. The lowest BCUT2D eigenvalue weighted by Gasteiger charge is -2.09. The zero-order valence-corrected chi connectivity index (χ0v) is 18.6. The van der Waals surface area contributed by atoms with Crippen molar-refractivity contribution in [2.45, 2.75) is 18.4 Å². The average Bonchev–Trinajstić information content (AvgIpc) is 3.08. The van der Waals surface area contributed by atoms with Crippen LogP contribution in [0.3, 0.4) is 0 Å². The van der Waals surface area contributed by atoms with Crippen LogP contribution < -0.4 is 14.3 Å². The van der Waals surface area contributed by atoms with Crippen LogP contribution in [-0.2, 0) is 11.3 Å². The molecular weight excluding hydrogens is 408 g/mol. The van der Waals surface area contributed by atoms with Crippen molar-refractivity contribution in [3.8, 4) is 11.5 Å². The molecule has 6 nitrogen and oxygen atoms in total. The molecule has 0 fully saturated rings. The van der Waals surface area contributed by atoms with E-state index in [2.05, 4.69) is 4.99 Å². The van der Waals surface area contributed by atoms with Gasteiger partial charge in [0.2, 0.25) is 0 Å². The average molecular weight is 433 g/mol. The van der Waals surface area contributed by atoms with Crippen LogP contribution in [0.5, 0.6) is 11.5 Å². The van der Waals surface area contributed by atoms with Crippen molar-refractivity contribution in [3.63, 3.8) is 0 Å². The Balaban J connectivity index is 2.15. The van der Waals surface area contributed by atoms with Gasteiger partial charge in [-0.3, -0.25) is 4.79 Å². The Morgan fingerprint density at radius 3 is 2.59 bits per heavy atom. The summed E-state index contributed by atoms with van der Waals surface area (Å²) in [6.45, 7) is 3.70. The third-order valence-corrected chi connectivity index (χ3v) is 6.22. The predicted molar refractivity (Wildman–Crippen MR) is 118 cm³/mol. The van der Waals surface area contributed by atoms with E-state index in [0.717, 1.165) is 15.1 Å². The van der Waals surface area contributed by atoms with Crippen LogP contribution in [0.1, 0.15) is 17.3 Å². The monoisotopic (exact) mass is 432 g/mol. The number of rotatable bonds is 8. The standard InChI is InChI=1S/C21H24N2O4S2/c1-5-27-11-10-23-15-12-16(25-2)17(26-3)13-19(15)29-21(23)22-20(24)14-8-6-7-9-18(14)28-4/h6-9,12-13H,5,10-11H2,1-4H3. The number of fused-ring (bicyclic) bond motifs is 1. The predicted octanol–water partition coefficient (Wildman–Crippen LogP) is 4.22. The second-order valence-electron chi connectivity index (χ2n) is 6.03. The van der Waals surface area contributed by atoms with Crippen LogP contribution in [0.15, 0.2) is 46.3 Å². The smallest absolute Gasteiger partial charge is 0.280 e. The minimum Gasteiger partial charge on any atom is -0.493 e. The fourth-order valence-corrected chi connectivity index (χ4v) is 4.62. The summed E-state index contributed by atoms with van der Waals surface area (Å²) in [4.78, 5) is 18.9. The van der Waals surface area contributed by atoms with Gasteiger partial charge >= 0.3 is 0 Å². The molecule has 154 valence electrons. The molecule has 2 aromatic carbocycles. The van der Waals surface area contributed by atoms with Crippen LogP contribution in [0.4, 0.5) is 0 Å². The molecule has 0 radical (unpaired) electrons. The Morgan fingerprint density at radius 1 is 1.17 bits per heavy atom. The molecule has 0 bridgehead atoms. The minimum atomic E-state index is -0.259. The summed E-state index contributed by atoms with van der Waals surface area (Å²) >= 11 is 2.98. The molecule has 0 saturated carbocycles. The number of benzene rings is 2. The maximum Gasteiger partial charge on any atom is 0.280 e. The van der Waals surface area contributed by atoms with Gasteiger partial charge in [-0.1, -0.05) is 23.5 Å². The highest BCUT2D eigenvalue weighted by Crippen LogP contribution is 2.33. The lowest BCUT2D eigenvalue weighted by molar-refractivity contribution is 0.0994. The van der Waals surface area contributed by atoms with Crippen molar-refractivity contribution in [3.05, 3.63) is 46.8 Å². The van der Waals surface area contributed by atoms with Crippen LogP contribution >= 0.6 is 23.1 Å². The molecule has 0 saturated heterocycles. The van der Waals surface area contributed by atoms with Gasteiger partial charge in [0.25, 0.3) is 5.91 Å². The molecule has 0 N–H and O–H groups in total. The summed E-state index contributed by atoms with van der Waals surface area (Å²) in [5.41, 5.74) is 1.53. The highest BCUT2D eigenvalue weighted by Gasteiger charge is 2.15. The zero-order chi connectivity index (χ0) is 20.8. The molecule has 29 heavy (non-hydrogen) atoms. The van der Waals surface area contributed by atoms with Crippen molar-refractivity contribution in [1.29, 1.82) is 0 Å². The van der Waals surface area contributed by atoms with E-state index in [0.29, 0.717) is 41.6 Å². The lowest BCUT2D eigenvalue weighted by Crippen LogP contribution is -2.20. The Kier molecular flexibility index (Phi) is 7.35. The number of amides is 1. The highest BCUT2D eigenvalue weighted by molar-refractivity contribution is 7.98. The number of hydrogen-bond donors (Lipinski definition) is 0. The number of nitrogens with zero attached hydrogens (tertiary/aromatic N) is 2. The van der Waals surface area contributed by atoms with E-state index in [1.807, 2.05) is 54.1 Å². The minimum absolute atomic E-state index is 0.259. The molecular formula is C21H24N2O4S2.